The first kappa shape index (κ1) is 10.6. The fraction of sp³-hybridized carbons (Fsp3) is 0.455. The fourth-order valence-electron chi connectivity index (χ4n) is 2.10. The third kappa shape index (κ3) is 2.23. The second-order valence-electron chi connectivity index (χ2n) is 3.61. The molecule has 13 heavy (non-hydrogen) atoms. The van der Waals surface area contributed by atoms with E-state index in [4.69, 9.17) is 5.73 Å². The number of nitrogens with two attached hydrogens (primary N) is 1. The number of hydrogen-bond donors (Lipinski definition) is 1. The van der Waals surface area contributed by atoms with E-state index >= 15 is 0 Å². The summed E-state index contributed by atoms with van der Waals surface area (Å²) in [6, 6.07) is 11.0. The Kier molecular flexibility index (Phi) is 3.76. The van der Waals surface area contributed by atoms with E-state index in [1.54, 1.807) is 0 Å². The lowest BCUT2D eigenvalue weighted by Gasteiger charge is -2.14. The van der Waals surface area contributed by atoms with Gasteiger partial charge in [-0.25, -0.2) is 0 Å². The number of benzene rings is 1. The van der Waals surface area contributed by atoms with E-state index in [0.29, 0.717) is 12.0 Å². The molecule has 0 spiro atoms. The van der Waals surface area contributed by atoms with E-state index in [1.165, 1.54) is 24.8 Å². The number of halogens is 1. The van der Waals surface area contributed by atoms with Gasteiger partial charge in [-0.15, -0.1) is 12.4 Å². The van der Waals surface area contributed by atoms with Gasteiger partial charge in [0.05, 0.1) is 0 Å². The van der Waals surface area contributed by atoms with Crippen LogP contribution in [0.25, 0.3) is 0 Å². The standard InChI is InChI=1S/C11H15N.ClH/c12-11-8-4-7-10(11)9-5-2-1-3-6-9;/h1-3,5-6,10-11H,4,7-8,12H2;1H. The van der Waals surface area contributed by atoms with Crippen LogP contribution >= 0.6 is 12.4 Å². The molecule has 1 aliphatic carbocycles. The quantitative estimate of drug-likeness (QED) is 0.736. The van der Waals surface area contributed by atoms with Crippen LogP contribution in [0.2, 0.25) is 0 Å². The summed E-state index contributed by atoms with van der Waals surface area (Å²) in [5.41, 5.74) is 7.43. The van der Waals surface area contributed by atoms with E-state index in [-0.39, 0.29) is 12.4 Å². The molecule has 1 aliphatic rings. The van der Waals surface area contributed by atoms with Crippen LogP contribution in [-0.2, 0) is 0 Å². The van der Waals surface area contributed by atoms with Crippen molar-refractivity contribution in [3.63, 3.8) is 0 Å². The lowest BCUT2D eigenvalue weighted by molar-refractivity contribution is 0.613. The van der Waals surface area contributed by atoms with Gasteiger partial charge in [0.1, 0.15) is 0 Å². The Balaban J connectivity index is 0.000000845. The van der Waals surface area contributed by atoms with Gasteiger partial charge in [0.2, 0.25) is 0 Å². The van der Waals surface area contributed by atoms with Gasteiger partial charge in [-0.3, -0.25) is 0 Å². The van der Waals surface area contributed by atoms with E-state index in [2.05, 4.69) is 30.3 Å². The van der Waals surface area contributed by atoms with E-state index in [0.717, 1.165) is 0 Å². The van der Waals surface area contributed by atoms with Crippen molar-refractivity contribution in [2.75, 3.05) is 0 Å². The number of hydrogen-bond acceptors (Lipinski definition) is 1. The first-order chi connectivity index (χ1) is 5.88. The van der Waals surface area contributed by atoms with Crippen molar-refractivity contribution in [3.8, 4) is 0 Å². The fourth-order valence-corrected chi connectivity index (χ4v) is 2.10. The summed E-state index contributed by atoms with van der Waals surface area (Å²) in [7, 11) is 0. The molecule has 1 nitrogen and oxygen atoms in total. The summed E-state index contributed by atoms with van der Waals surface area (Å²) < 4.78 is 0. The van der Waals surface area contributed by atoms with Crippen LogP contribution in [0.1, 0.15) is 30.7 Å². The minimum atomic E-state index is 0. The SMILES string of the molecule is Cl.NC1CCCC1c1ccccc1. The molecule has 0 radical (unpaired) electrons. The first-order valence-electron chi connectivity index (χ1n) is 4.68. The average molecular weight is 198 g/mol. The molecule has 72 valence electrons. The monoisotopic (exact) mass is 197 g/mol. The Bertz CT molecular complexity index is 248. The van der Waals surface area contributed by atoms with Crippen molar-refractivity contribution in [2.45, 2.75) is 31.2 Å². The minimum Gasteiger partial charge on any atom is -0.327 e. The smallest absolute Gasteiger partial charge is 0.0108 e. The van der Waals surface area contributed by atoms with Crippen LogP contribution in [0.15, 0.2) is 30.3 Å². The highest BCUT2D eigenvalue weighted by molar-refractivity contribution is 5.85. The van der Waals surface area contributed by atoms with Gasteiger partial charge in [0.15, 0.2) is 0 Å². The minimum absolute atomic E-state index is 0. The Morgan fingerprint density at radius 1 is 1.08 bits per heavy atom. The lowest BCUT2D eigenvalue weighted by Crippen LogP contribution is -2.22. The molecule has 0 saturated heterocycles. The predicted octanol–water partition coefficient (Wildman–Crippen LogP) is 2.70. The summed E-state index contributed by atoms with van der Waals surface area (Å²) in [5, 5.41) is 0. The van der Waals surface area contributed by atoms with Crippen molar-refractivity contribution in [1.82, 2.24) is 0 Å². The molecule has 2 heteroatoms. The molecule has 2 unspecified atom stereocenters. The highest BCUT2D eigenvalue weighted by atomic mass is 35.5. The molecular formula is C11H16ClN. The van der Waals surface area contributed by atoms with Crippen molar-refractivity contribution < 1.29 is 0 Å². The summed E-state index contributed by atoms with van der Waals surface area (Å²) in [4.78, 5) is 0. The first-order valence-corrected chi connectivity index (χ1v) is 4.68. The maximum Gasteiger partial charge on any atom is 0.0108 e. The summed E-state index contributed by atoms with van der Waals surface area (Å²) in [6.45, 7) is 0. The van der Waals surface area contributed by atoms with Gasteiger partial charge >= 0.3 is 0 Å². The summed E-state index contributed by atoms with van der Waals surface area (Å²) >= 11 is 0. The molecule has 0 aliphatic heterocycles. The van der Waals surface area contributed by atoms with E-state index < -0.39 is 0 Å². The topological polar surface area (TPSA) is 26.0 Å². The van der Waals surface area contributed by atoms with Crippen molar-refractivity contribution in [1.29, 1.82) is 0 Å². The molecule has 1 aromatic carbocycles. The summed E-state index contributed by atoms with van der Waals surface area (Å²) in [6.07, 6.45) is 3.76. The van der Waals surface area contributed by atoms with Gasteiger partial charge in [-0.05, 0) is 24.3 Å². The van der Waals surface area contributed by atoms with Crippen LogP contribution in [0, 0.1) is 0 Å². The second-order valence-corrected chi connectivity index (χ2v) is 3.61. The maximum atomic E-state index is 6.01. The molecular weight excluding hydrogens is 182 g/mol. The summed E-state index contributed by atoms with van der Waals surface area (Å²) in [5.74, 6) is 0.617. The maximum absolute atomic E-state index is 6.01. The van der Waals surface area contributed by atoms with Crippen LogP contribution in [0.5, 0.6) is 0 Å². The molecule has 0 amide bonds. The van der Waals surface area contributed by atoms with Crippen LogP contribution in [0.4, 0.5) is 0 Å². The zero-order chi connectivity index (χ0) is 8.39. The van der Waals surface area contributed by atoms with E-state index in [1.807, 2.05) is 0 Å². The third-order valence-corrected chi connectivity index (χ3v) is 2.80. The van der Waals surface area contributed by atoms with Crippen molar-refractivity contribution in [3.05, 3.63) is 35.9 Å². The molecule has 1 saturated carbocycles. The molecule has 1 aromatic rings. The lowest BCUT2D eigenvalue weighted by atomic mass is 9.95. The van der Waals surface area contributed by atoms with Gasteiger partial charge in [0, 0.05) is 6.04 Å². The molecule has 2 rings (SSSR count). The Hall–Kier alpha value is -0.530. The molecule has 1 fully saturated rings. The molecule has 0 bridgehead atoms. The van der Waals surface area contributed by atoms with Gasteiger partial charge < -0.3 is 5.73 Å². The molecule has 0 heterocycles. The van der Waals surface area contributed by atoms with Crippen molar-refractivity contribution in [2.24, 2.45) is 5.73 Å². The molecule has 2 atom stereocenters. The molecule has 0 aromatic heterocycles. The second kappa shape index (κ2) is 4.64. The van der Waals surface area contributed by atoms with Gasteiger partial charge in [-0.1, -0.05) is 36.8 Å². The Morgan fingerprint density at radius 3 is 2.31 bits per heavy atom. The molecule has 2 N–H and O–H groups in total. The zero-order valence-corrected chi connectivity index (χ0v) is 8.46. The predicted molar refractivity (Wildman–Crippen MR) is 58.3 cm³/mol. The van der Waals surface area contributed by atoms with Crippen LogP contribution < -0.4 is 5.73 Å². The van der Waals surface area contributed by atoms with Crippen molar-refractivity contribution >= 4 is 12.4 Å². The van der Waals surface area contributed by atoms with E-state index in [9.17, 15) is 0 Å². The third-order valence-electron chi connectivity index (χ3n) is 2.80. The normalized spacial score (nSPS) is 26.8. The Labute approximate surface area is 85.7 Å². The Morgan fingerprint density at radius 2 is 1.77 bits per heavy atom. The van der Waals surface area contributed by atoms with Gasteiger partial charge in [-0.2, -0.15) is 0 Å². The average Bonchev–Trinajstić information content (AvgIpc) is 2.53. The van der Waals surface area contributed by atoms with Gasteiger partial charge in [0.25, 0.3) is 0 Å². The van der Waals surface area contributed by atoms with Crippen LogP contribution in [-0.4, -0.2) is 6.04 Å². The number of rotatable bonds is 1. The highest BCUT2D eigenvalue weighted by Crippen LogP contribution is 2.32. The highest BCUT2D eigenvalue weighted by Gasteiger charge is 2.24. The largest absolute Gasteiger partial charge is 0.327 e. The zero-order valence-electron chi connectivity index (χ0n) is 7.65. The van der Waals surface area contributed by atoms with Crippen LogP contribution in [0.3, 0.4) is 0 Å².